The summed E-state index contributed by atoms with van der Waals surface area (Å²) < 4.78 is 14.7. The van der Waals surface area contributed by atoms with Crippen molar-refractivity contribution in [2.24, 2.45) is 0 Å². The first-order chi connectivity index (χ1) is 13.4. The summed E-state index contributed by atoms with van der Waals surface area (Å²) in [7, 11) is 5.30. The number of hydrogen-bond donors (Lipinski definition) is 0. The van der Waals surface area contributed by atoms with Crippen molar-refractivity contribution in [3.63, 3.8) is 0 Å². The van der Waals surface area contributed by atoms with Gasteiger partial charge in [-0.15, -0.1) is 0 Å². The predicted octanol–water partition coefficient (Wildman–Crippen LogP) is 3.52. The summed E-state index contributed by atoms with van der Waals surface area (Å²) >= 11 is 5.58. The number of rotatable bonds is 7. The number of tetrazole rings is 1. The van der Waals surface area contributed by atoms with Gasteiger partial charge in [0.25, 0.3) is 0 Å². The minimum atomic E-state index is 0.513. The Morgan fingerprint density at radius 2 is 1.79 bits per heavy atom. The van der Waals surface area contributed by atoms with Gasteiger partial charge in [0.1, 0.15) is 11.5 Å². The van der Waals surface area contributed by atoms with E-state index in [2.05, 4.69) is 41.3 Å². The molecule has 1 heterocycles. The van der Waals surface area contributed by atoms with Crippen molar-refractivity contribution < 1.29 is 9.47 Å². The molecule has 7 nitrogen and oxygen atoms in total. The Hall–Kier alpha value is -2.71. The highest BCUT2D eigenvalue weighted by molar-refractivity contribution is 7.71. The molecule has 0 aliphatic carbocycles. The molecule has 0 N–H and O–H groups in total. The number of benzene rings is 2. The van der Waals surface area contributed by atoms with Crippen molar-refractivity contribution in [1.29, 1.82) is 0 Å². The van der Waals surface area contributed by atoms with Gasteiger partial charge in [-0.1, -0.05) is 12.1 Å². The highest BCUT2D eigenvalue weighted by Gasteiger charge is 2.12. The van der Waals surface area contributed by atoms with Crippen molar-refractivity contribution in [1.82, 2.24) is 24.7 Å². The number of aromatic nitrogens is 4. The minimum Gasteiger partial charge on any atom is -0.497 e. The van der Waals surface area contributed by atoms with Gasteiger partial charge in [-0.05, 0) is 72.9 Å². The zero-order valence-corrected chi connectivity index (χ0v) is 17.7. The van der Waals surface area contributed by atoms with Crippen LogP contribution in [0.15, 0.2) is 36.4 Å². The molecule has 0 radical (unpaired) electrons. The average molecular weight is 400 g/mol. The van der Waals surface area contributed by atoms with E-state index in [1.165, 1.54) is 11.1 Å². The van der Waals surface area contributed by atoms with Crippen molar-refractivity contribution in [2.45, 2.75) is 27.1 Å². The van der Waals surface area contributed by atoms with Gasteiger partial charge in [-0.3, -0.25) is 4.90 Å². The number of hydrogen-bond acceptors (Lipinski definition) is 6. The minimum absolute atomic E-state index is 0.513. The third-order valence-electron chi connectivity index (χ3n) is 4.68. The summed E-state index contributed by atoms with van der Waals surface area (Å²) in [5, 5.41) is 8.46. The Bertz CT molecular complexity index is 1030. The van der Waals surface area contributed by atoms with E-state index in [0.717, 1.165) is 22.7 Å². The van der Waals surface area contributed by atoms with Gasteiger partial charge in [-0.25, -0.2) is 4.68 Å². The number of nitrogens with zero attached hydrogens (tertiary/aromatic N) is 5. The molecule has 2 aromatic carbocycles. The molecule has 0 saturated heterocycles. The van der Waals surface area contributed by atoms with Crippen LogP contribution in [0.25, 0.3) is 5.69 Å². The lowest BCUT2D eigenvalue weighted by atomic mass is 10.1. The second kappa shape index (κ2) is 8.53. The van der Waals surface area contributed by atoms with Crippen LogP contribution in [0.4, 0.5) is 0 Å². The third-order valence-corrected chi connectivity index (χ3v) is 5.07. The summed E-state index contributed by atoms with van der Waals surface area (Å²) in [6.45, 7) is 5.34. The molecule has 0 fully saturated rings. The van der Waals surface area contributed by atoms with Crippen molar-refractivity contribution in [3.05, 3.63) is 57.9 Å². The molecule has 3 rings (SSSR count). The van der Waals surface area contributed by atoms with E-state index in [1.807, 2.05) is 31.3 Å². The first-order valence-electron chi connectivity index (χ1n) is 8.93. The van der Waals surface area contributed by atoms with Crippen LogP contribution in [0.1, 0.15) is 16.7 Å². The van der Waals surface area contributed by atoms with Crippen LogP contribution in [-0.2, 0) is 13.2 Å². The molecule has 3 aromatic rings. The highest BCUT2D eigenvalue weighted by atomic mass is 32.1. The molecule has 0 unspecified atom stereocenters. The van der Waals surface area contributed by atoms with E-state index in [-0.39, 0.29) is 0 Å². The molecule has 0 atom stereocenters. The average Bonchev–Trinajstić information content (AvgIpc) is 3.04. The topological polar surface area (TPSA) is 57.3 Å². The first-order valence-corrected chi connectivity index (χ1v) is 9.33. The zero-order chi connectivity index (χ0) is 20.3. The van der Waals surface area contributed by atoms with Gasteiger partial charge in [-0.2, -0.15) is 4.68 Å². The smallest absolute Gasteiger partial charge is 0.221 e. The van der Waals surface area contributed by atoms with E-state index >= 15 is 0 Å². The SMILES string of the molecule is COc1ccc(CN(C)Cn2nnn(-c3ccc(C)c(C)c3)c2=S)c(OC)c1. The predicted molar refractivity (Wildman–Crippen MR) is 111 cm³/mol. The standard InChI is InChI=1S/C20H25N5O2S/c1-14-6-8-17(10-15(14)2)25-20(28)24(21-22-25)13-23(3)12-16-7-9-18(26-4)11-19(16)27-5/h6-11H,12-13H2,1-5H3. The third kappa shape index (κ3) is 4.23. The fourth-order valence-electron chi connectivity index (χ4n) is 2.93. The fraction of sp³-hybridized carbons (Fsp3) is 0.350. The second-order valence-corrected chi connectivity index (χ2v) is 7.14. The summed E-state index contributed by atoms with van der Waals surface area (Å²) in [4.78, 5) is 2.10. The molecule has 0 bridgehead atoms. The molecular formula is C20H25N5O2S. The van der Waals surface area contributed by atoms with Gasteiger partial charge in [0.15, 0.2) is 0 Å². The van der Waals surface area contributed by atoms with Gasteiger partial charge in [0.05, 0.1) is 26.6 Å². The van der Waals surface area contributed by atoms with Gasteiger partial charge >= 0.3 is 0 Å². The van der Waals surface area contributed by atoms with Crippen LogP contribution >= 0.6 is 12.2 Å². The maximum absolute atomic E-state index is 5.58. The summed E-state index contributed by atoms with van der Waals surface area (Å²) in [6, 6.07) is 11.9. The fourth-order valence-corrected chi connectivity index (χ4v) is 3.17. The van der Waals surface area contributed by atoms with Crippen molar-refractivity contribution in [2.75, 3.05) is 21.3 Å². The van der Waals surface area contributed by atoms with Crippen LogP contribution in [0.5, 0.6) is 11.5 Å². The van der Waals surface area contributed by atoms with E-state index < -0.39 is 0 Å². The van der Waals surface area contributed by atoms with Gasteiger partial charge in [0, 0.05) is 18.2 Å². The highest BCUT2D eigenvalue weighted by Crippen LogP contribution is 2.25. The lowest BCUT2D eigenvalue weighted by Crippen LogP contribution is -2.23. The molecule has 0 aliphatic rings. The second-order valence-electron chi connectivity index (χ2n) is 6.77. The molecule has 8 heteroatoms. The lowest BCUT2D eigenvalue weighted by Gasteiger charge is -2.18. The molecule has 0 amide bonds. The maximum atomic E-state index is 5.58. The van der Waals surface area contributed by atoms with Crippen LogP contribution in [0.3, 0.4) is 0 Å². The van der Waals surface area contributed by atoms with Crippen LogP contribution < -0.4 is 9.47 Å². The molecular weight excluding hydrogens is 374 g/mol. The number of methoxy groups -OCH3 is 2. The summed E-state index contributed by atoms with van der Waals surface area (Å²) in [5.41, 5.74) is 4.39. The molecule has 0 spiro atoms. The monoisotopic (exact) mass is 399 g/mol. The van der Waals surface area contributed by atoms with Gasteiger partial charge in [0.2, 0.25) is 4.77 Å². The van der Waals surface area contributed by atoms with Crippen molar-refractivity contribution in [3.8, 4) is 17.2 Å². The van der Waals surface area contributed by atoms with E-state index in [0.29, 0.717) is 18.0 Å². The number of aryl methyl sites for hydroxylation is 2. The Balaban J connectivity index is 1.76. The molecule has 1 aromatic heterocycles. The summed E-state index contributed by atoms with van der Waals surface area (Å²) in [6.07, 6.45) is 0. The zero-order valence-electron chi connectivity index (χ0n) is 16.8. The van der Waals surface area contributed by atoms with Crippen molar-refractivity contribution >= 4 is 12.2 Å². The molecule has 0 aliphatic heterocycles. The Labute approximate surface area is 170 Å². The Kier molecular flexibility index (Phi) is 6.11. The molecule has 148 valence electrons. The van der Waals surface area contributed by atoms with E-state index in [4.69, 9.17) is 21.7 Å². The largest absolute Gasteiger partial charge is 0.497 e. The normalized spacial score (nSPS) is 11.1. The Morgan fingerprint density at radius 1 is 1.00 bits per heavy atom. The maximum Gasteiger partial charge on any atom is 0.221 e. The summed E-state index contributed by atoms with van der Waals surface area (Å²) in [5.74, 6) is 1.55. The van der Waals surface area contributed by atoms with E-state index in [9.17, 15) is 0 Å². The van der Waals surface area contributed by atoms with Crippen LogP contribution in [0.2, 0.25) is 0 Å². The number of ether oxygens (including phenoxy) is 2. The van der Waals surface area contributed by atoms with E-state index in [1.54, 1.807) is 23.6 Å². The van der Waals surface area contributed by atoms with Crippen LogP contribution in [-0.4, -0.2) is 46.0 Å². The first kappa shape index (κ1) is 20.0. The Morgan fingerprint density at radius 3 is 2.46 bits per heavy atom. The van der Waals surface area contributed by atoms with Crippen LogP contribution in [0, 0.1) is 18.6 Å². The lowest BCUT2D eigenvalue weighted by molar-refractivity contribution is 0.238. The molecule has 0 saturated carbocycles. The van der Waals surface area contributed by atoms with Gasteiger partial charge < -0.3 is 9.47 Å². The quantitative estimate of drug-likeness (QED) is 0.567. The molecule has 28 heavy (non-hydrogen) atoms.